The molecule has 5 atom stereocenters. The molecule has 0 bridgehead atoms. The van der Waals surface area contributed by atoms with E-state index in [0.29, 0.717) is 0 Å². The van der Waals surface area contributed by atoms with Gasteiger partial charge >= 0.3 is 19.3 Å². The number of carboxylic acid groups (broad SMARTS) is 1. The summed E-state index contributed by atoms with van der Waals surface area (Å²) in [6.07, 6.45) is -5.57. The highest BCUT2D eigenvalue weighted by Gasteiger charge is 2.45. The number of ether oxygens (including phenoxy) is 1. The number of nitrogens with two attached hydrogens (primary N) is 1. The fourth-order valence-corrected chi connectivity index (χ4v) is 2.94. The first kappa shape index (κ1) is 18.5. The zero-order valence-electron chi connectivity index (χ0n) is 12.1. The minimum absolute atomic E-state index is 0.0425. The highest BCUT2D eigenvalue weighted by atomic mass is 31.2. The van der Waals surface area contributed by atoms with Crippen molar-refractivity contribution in [2.45, 2.75) is 24.5 Å². The molecule has 2 heterocycles. The predicted octanol–water partition coefficient (Wildman–Crippen LogP) is -2.27. The van der Waals surface area contributed by atoms with Crippen LogP contribution in [0, 0.1) is 0 Å². The molecule has 1 aliphatic heterocycles. The molecule has 1 aromatic heterocycles. The third kappa shape index (κ3) is 4.17. The Hall–Kier alpha value is -1.82. The van der Waals surface area contributed by atoms with Gasteiger partial charge in [0.15, 0.2) is 6.23 Å². The van der Waals surface area contributed by atoms with Gasteiger partial charge in [-0.2, -0.15) is 4.98 Å². The number of nitrogen functional groups attached to an aromatic ring is 1. The molecule has 1 fully saturated rings. The van der Waals surface area contributed by atoms with Gasteiger partial charge in [-0.05, 0) is 6.07 Å². The second kappa shape index (κ2) is 6.97. The van der Waals surface area contributed by atoms with E-state index in [0.717, 1.165) is 4.57 Å². The molecule has 2 unspecified atom stereocenters. The van der Waals surface area contributed by atoms with Gasteiger partial charge in [0.25, 0.3) is 0 Å². The highest BCUT2D eigenvalue weighted by molar-refractivity contribution is 7.53. The maximum Gasteiger partial charge on any atom is 0.351 e. The van der Waals surface area contributed by atoms with Crippen molar-refractivity contribution in [2.24, 2.45) is 0 Å². The summed E-state index contributed by atoms with van der Waals surface area (Å²) in [5.41, 5.74) is 4.52. The summed E-state index contributed by atoms with van der Waals surface area (Å²) in [6, 6.07) is 1.28. The van der Waals surface area contributed by atoms with Crippen LogP contribution in [-0.4, -0.2) is 66.8 Å². The van der Waals surface area contributed by atoms with E-state index in [9.17, 15) is 29.3 Å². The molecule has 12 nitrogen and oxygen atoms in total. The molecule has 13 heteroatoms. The summed E-state index contributed by atoms with van der Waals surface area (Å²) in [5, 5.41) is 28.4. The Morgan fingerprint density at radius 2 is 2.12 bits per heavy atom. The third-order valence-electron chi connectivity index (χ3n) is 3.24. The topological polar surface area (TPSA) is 194 Å². The molecule has 6 N–H and O–H groups in total. The monoisotopic (exact) mass is 365 g/mol. The number of hydrogen-bond acceptors (Lipinski definition) is 9. The fourth-order valence-electron chi connectivity index (χ4n) is 2.12. The van der Waals surface area contributed by atoms with E-state index >= 15 is 0 Å². The van der Waals surface area contributed by atoms with E-state index in [-0.39, 0.29) is 5.82 Å². The Labute approximate surface area is 134 Å². The SMILES string of the molecule is Nc1ccn(C2O[C@H](COP(=O)(O)CC(=O)O)[C@@H](O)[C@H]2O)c(=O)n1. The summed E-state index contributed by atoms with van der Waals surface area (Å²) in [7, 11) is -4.42. The number of aliphatic hydroxyl groups excluding tert-OH is 2. The summed E-state index contributed by atoms with van der Waals surface area (Å²) in [4.78, 5) is 35.0. The molecule has 0 aliphatic carbocycles. The largest absolute Gasteiger partial charge is 0.481 e. The van der Waals surface area contributed by atoms with Crippen molar-refractivity contribution in [1.29, 1.82) is 0 Å². The third-order valence-corrected chi connectivity index (χ3v) is 4.46. The number of aromatic nitrogens is 2. The van der Waals surface area contributed by atoms with Gasteiger partial charge in [-0.15, -0.1) is 0 Å². The lowest BCUT2D eigenvalue weighted by atomic mass is 10.1. The molecule has 1 aliphatic rings. The number of aliphatic hydroxyl groups is 2. The minimum Gasteiger partial charge on any atom is -0.481 e. The van der Waals surface area contributed by atoms with Gasteiger partial charge in [0, 0.05) is 6.20 Å². The lowest BCUT2D eigenvalue weighted by Gasteiger charge is -2.17. The quantitative estimate of drug-likeness (QED) is 0.341. The van der Waals surface area contributed by atoms with Crippen LogP contribution in [0.15, 0.2) is 17.1 Å². The summed E-state index contributed by atoms with van der Waals surface area (Å²) in [5.74, 6) is -1.58. The Morgan fingerprint density at radius 3 is 2.71 bits per heavy atom. The van der Waals surface area contributed by atoms with Crippen molar-refractivity contribution in [3.05, 3.63) is 22.7 Å². The van der Waals surface area contributed by atoms with Crippen LogP contribution in [0.25, 0.3) is 0 Å². The van der Waals surface area contributed by atoms with Gasteiger partial charge in [-0.1, -0.05) is 0 Å². The molecule has 24 heavy (non-hydrogen) atoms. The molecule has 0 spiro atoms. The lowest BCUT2D eigenvalue weighted by Crippen LogP contribution is -2.36. The number of aliphatic carboxylic acids is 1. The molecule has 0 radical (unpaired) electrons. The van der Waals surface area contributed by atoms with Crippen molar-refractivity contribution in [3.8, 4) is 0 Å². The van der Waals surface area contributed by atoms with Crippen molar-refractivity contribution in [3.63, 3.8) is 0 Å². The lowest BCUT2D eigenvalue weighted by molar-refractivity contribution is -0.134. The number of anilines is 1. The van der Waals surface area contributed by atoms with Crippen LogP contribution in [0.4, 0.5) is 5.82 Å². The molecule has 0 saturated carbocycles. The number of nitrogens with zero attached hydrogens (tertiary/aromatic N) is 2. The molecular weight excluding hydrogens is 349 g/mol. The number of carbonyl (C=O) groups is 1. The van der Waals surface area contributed by atoms with E-state index in [1.807, 2.05) is 0 Å². The van der Waals surface area contributed by atoms with Crippen molar-refractivity contribution in [2.75, 3.05) is 18.5 Å². The Balaban J connectivity index is 2.08. The van der Waals surface area contributed by atoms with Gasteiger partial charge in [0.05, 0.1) is 6.61 Å². The van der Waals surface area contributed by atoms with Crippen molar-refractivity contribution in [1.82, 2.24) is 9.55 Å². The zero-order valence-corrected chi connectivity index (χ0v) is 13.0. The Bertz CT molecular complexity index is 723. The van der Waals surface area contributed by atoms with E-state index < -0.39 is 56.6 Å². The first-order chi connectivity index (χ1) is 11.1. The van der Waals surface area contributed by atoms with Crippen LogP contribution in [-0.2, 0) is 18.6 Å². The summed E-state index contributed by atoms with van der Waals surface area (Å²) in [6.45, 7) is -0.660. The summed E-state index contributed by atoms with van der Waals surface area (Å²) >= 11 is 0. The zero-order chi connectivity index (χ0) is 18.1. The first-order valence-corrected chi connectivity index (χ1v) is 8.41. The van der Waals surface area contributed by atoms with E-state index in [4.69, 9.17) is 15.6 Å². The van der Waals surface area contributed by atoms with Crippen LogP contribution in [0.5, 0.6) is 0 Å². The van der Waals surface area contributed by atoms with Gasteiger partial charge < -0.3 is 35.2 Å². The number of carboxylic acids is 1. The normalized spacial score (nSPS) is 29.3. The molecule has 134 valence electrons. The van der Waals surface area contributed by atoms with Crippen LogP contribution < -0.4 is 11.4 Å². The maximum absolute atomic E-state index is 11.7. The molecule has 0 amide bonds. The van der Waals surface area contributed by atoms with E-state index in [2.05, 4.69) is 9.51 Å². The average Bonchev–Trinajstić information content (AvgIpc) is 2.72. The smallest absolute Gasteiger partial charge is 0.351 e. The molecule has 2 rings (SSSR count). The highest BCUT2D eigenvalue weighted by Crippen LogP contribution is 2.42. The predicted molar refractivity (Wildman–Crippen MR) is 77.1 cm³/mol. The van der Waals surface area contributed by atoms with Crippen LogP contribution in [0.2, 0.25) is 0 Å². The Morgan fingerprint density at radius 1 is 1.46 bits per heavy atom. The van der Waals surface area contributed by atoms with Crippen LogP contribution in [0.1, 0.15) is 6.23 Å². The van der Waals surface area contributed by atoms with Crippen LogP contribution in [0.3, 0.4) is 0 Å². The molecule has 1 saturated heterocycles. The van der Waals surface area contributed by atoms with Crippen molar-refractivity contribution < 1.29 is 38.8 Å². The molecular formula is C11H16N3O9P. The van der Waals surface area contributed by atoms with Crippen molar-refractivity contribution >= 4 is 19.4 Å². The van der Waals surface area contributed by atoms with Gasteiger partial charge in [0.1, 0.15) is 30.3 Å². The first-order valence-electron chi connectivity index (χ1n) is 6.65. The Kier molecular flexibility index (Phi) is 5.38. The summed E-state index contributed by atoms with van der Waals surface area (Å²) < 4.78 is 22.2. The van der Waals surface area contributed by atoms with Crippen LogP contribution >= 0.6 is 7.60 Å². The van der Waals surface area contributed by atoms with Gasteiger partial charge in [-0.25, -0.2) is 4.79 Å². The average molecular weight is 365 g/mol. The van der Waals surface area contributed by atoms with Gasteiger partial charge in [0.2, 0.25) is 0 Å². The molecule has 0 aromatic carbocycles. The van der Waals surface area contributed by atoms with E-state index in [1.165, 1.54) is 12.3 Å². The molecule has 1 aromatic rings. The van der Waals surface area contributed by atoms with E-state index in [1.54, 1.807) is 0 Å². The van der Waals surface area contributed by atoms with Gasteiger partial charge in [-0.3, -0.25) is 13.9 Å². The number of hydrogen-bond donors (Lipinski definition) is 5. The fraction of sp³-hybridized carbons (Fsp3) is 0.545. The second-order valence-corrected chi connectivity index (χ2v) is 6.92. The minimum atomic E-state index is -4.42. The maximum atomic E-state index is 11.7. The standard InChI is InChI=1S/C11H16N3O9P/c12-6-1-2-14(11(19)13-6)10-9(18)8(17)5(23-10)3-22-24(20,21)4-7(15)16/h1-2,5,8-10,17-18H,3-4H2,(H,15,16)(H,20,21)(H2,12,13,19)/t5-,8-,9-,10?/m1/s1. The second-order valence-electron chi connectivity index (χ2n) is 5.07. The number of rotatable bonds is 6.